The molecule has 0 unspecified atom stereocenters. The summed E-state index contributed by atoms with van der Waals surface area (Å²) in [6.07, 6.45) is 3.12. The number of hydrogen-bond donors (Lipinski definition) is 2. The number of aromatic carboxylic acids is 1. The highest BCUT2D eigenvalue weighted by atomic mass is 19.1. The third-order valence-electron chi connectivity index (χ3n) is 3.70. The van der Waals surface area contributed by atoms with Crippen molar-refractivity contribution >= 4 is 11.7 Å². The zero-order chi connectivity index (χ0) is 14.5. The number of nitrogens with zero attached hydrogens (tertiary/aromatic N) is 1. The molecule has 5 heteroatoms. The largest absolute Gasteiger partial charge is 0.478 e. The third kappa shape index (κ3) is 3.70. The van der Waals surface area contributed by atoms with Crippen molar-refractivity contribution < 1.29 is 14.3 Å². The lowest BCUT2D eigenvalue weighted by Gasteiger charge is -2.32. The van der Waals surface area contributed by atoms with Gasteiger partial charge >= 0.3 is 5.97 Å². The van der Waals surface area contributed by atoms with E-state index in [0.29, 0.717) is 5.69 Å². The van der Waals surface area contributed by atoms with Gasteiger partial charge in [0.15, 0.2) is 0 Å². The summed E-state index contributed by atoms with van der Waals surface area (Å²) in [4.78, 5) is 13.6. The van der Waals surface area contributed by atoms with Crippen LogP contribution in [0.1, 0.15) is 36.5 Å². The quantitative estimate of drug-likeness (QED) is 0.871. The van der Waals surface area contributed by atoms with E-state index >= 15 is 0 Å². The lowest BCUT2D eigenvalue weighted by atomic mass is 10.0. The molecule has 2 rings (SSSR count). The van der Waals surface area contributed by atoms with Crippen molar-refractivity contribution in [3.05, 3.63) is 29.6 Å². The summed E-state index contributed by atoms with van der Waals surface area (Å²) in [5.41, 5.74) is 0.508. The maximum absolute atomic E-state index is 13.1. The highest BCUT2D eigenvalue weighted by molar-refractivity contribution is 5.94. The van der Waals surface area contributed by atoms with Crippen molar-refractivity contribution in [1.29, 1.82) is 0 Å². The Morgan fingerprint density at radius 1 is 1.45 bits per heavy atom. The molecule has 4 nitrogen and oxygen atoms in total. The van der Waals surface area contributed by atoms with Gasteiger partial charge in [-0.15, -0.1) is 0 Å². The van der Waals surface area contributed by atoms with Crippen molar-refractivity contribution in [2.75, 3.05) is 25.0 Å². The van der Waals surface area contributed by atoms with Crippen LogP contribution in [-0.4, -0.2) is 41.7 Å². The van der Waals surface area contributed by atoms with E-state index < -0.39 is 11.8 Å². The van der Waals surface area contributed by atoms with E-state index in [0.717, 1.165) is 45.0 Å². The number of piperidine rings is 1. The number of carbonyl (C=O) groups is 1. The number of likely N-dealkylation sites (tertiary alicyclic amines) is 1. The van der Waals surface area contributed by atoms with Crippen LogP contribution in [0, 0.1) is 5.82 Å². The summed E-state index contributed by atoms with van der Waals surface area (Å²) in [6, 6.07) is 4.13. The second kappa shape index (κ2) is 6.70. The number of benzene rings is 1. The molecule has 0 radical (unpaired) electrons. The first-order valence-electron chi connectivity index (χ1n) is 7.12. The van der Waals surface area contributed by atoms with E-state index in [-0.39, 0.29) is 11.6 Å². The SMILES string of the molecule is CCCN1CCC(Nc2ccc(F)cc2C(=O)O)CC1. The van der Waals surface area contributed by atoms with Gasteiger partial charge in [0.05, 0.1) is 5.56 Å². The van der Waals surface area contributed by atoms with Crippen LogP contribution in [0.2, 0.25) is 0 Å². The summed E-state index contributed by atoms with van der Waals surface area (Å²) in [5.74, 6) is -1.62. The van der Waals surface area contributed by atoms with Crippen molar-refractivity contribution in [3.8, 4) is 0 Å². The van der Waals surface area contributed by atoms with Crippen molar-refractivity contribution in [2.24, 2.45) is 0 Å². The Labute approximate surface area is 118 Å². The van der Waals surface area contributed by atoms with Crippen LogP contribution in [-0.2, 0) is 0 Å². The van der Waals surface area contributed by atoms with Crippen molar-refractivity contribution in [3.63, 3.8) is 0 Å². The maximum atomic E-state index is 13.1. The van der Waals surface area contributed by atoms with Gasteiger partial charge in [0.25, 0.3) is 0 Å². The van der Waals surface area contributed by atoms with Gasteiger partial charge < -0.3 is 15.3 Å². The average Bonchev–Trinajstić information content (AvgIpc) is 2.43. The molecule has 1 fully saturated rings. The number of rotatable bonds is 5. The lowest BCUT2D eigenvalue weighted by Crippen LogP contribution is -2.39. The van der Waals surface area contributed by atoms with Gasteiger partial charge in [-0.25, -0.2) is 9.18 Å². The smallest absolute Gasteiger partial charge is 0.337 e. The van der Waals surface area contributed by atoms with E-state index in [9.17, 15) is 9.18 Å². The number of anilines is 1. The van der Waals surface area contributed by atoms with Gasteiger partial charge in [0, 0.05) is 24.8 Å². The van der Waals surface area contributed by atoms with Crippen LogP contribution >= 0.6 is 0 Å². The molecule has 110 valence electrons. The fraction of sp³-hybridized carbons (Fsp3) is 0.533. The number of hydrogen-bond acceptors (Lipinski definition) is 3. The van der Waals surface area contributed by atoms with Crippen molar-refractivity contribution in [2.45, 2.75) is 32.2 Å². The molecule has 0 bridgehead atoms. The monoisotopic (exact) mass is 280 g/mol. The Morgan fingerprint density at radius 3 is 2.75 bits per heavy atom. The van der Waals surface area contributed by atoms with Crippen LogP contribution < -0.4 is 5.32 Å². The first-order valence-corrected chi connectivity index (χ1v) is 7.12. The molecule has 1 heterocycles. The summed E-state index contributed by atoms with van der Waals surface area (Å²) in [6.45, 7) is 5.33. The predicted octanol–water partition coefficient (Wildman–Crippen LogP) is 2.81. The number of halogens is 1. The Bertz CT molecular complexity index is 471. The molecule has 0 aromatic heterocycles. The molecule has 20 heavy (non-hydrogen) atoms. The average molecular weight is 280 g/mol. The fourth-order valence-corrected chi connectivity index (χ4v) is 2.66. The van der Waals surface area contributed by atoms with Gasteiger partial charge in [0.1, 0.15) is 5.82 Å². The molecular weight excluding hydrogens is 259 g/mol. The van der Waals surface area contributed by atoms with E-state index in [1.54, 1.807) is 0 Å². The summed E-state index contributed by atoms with van der Waals surface area (Å²) < 4.78 is 13.1. The van der Waals surface area contributed by atoms with Gasteiger partial charge in [-0.2, -0.15) is 0 Å². The Morgan fingerprint density at radius 2 is 2.15 bits per heavy atom. The topological polar surface area (TPSA) is 52.6 Å². The first kappa shape index (κ1) is 14.8. The van der Waals surface area contributed by atoms with Crippen LogP contribution in [0.3, 0.4) is 0 Å². The van der Waals surface area contributed by atoms with Crippen LogP contribution in [0.15, 0.2) is 18.2 Å². The van der Waals surface area contributed by atoms with Gasteiger partial charge in [-0.05, 0) is 44.0 Å². The molecule has 0 spiro atoms. The number of nitrogens with one attached hydrogen (secondary N) is 1. The zero-order valence-corrected chi connectivity index (χ0v) is 11.7. The van der Waals surface area contributed by atoms with Gasteiger partial charge in [-0.1, -0.05) is 6.92 Å². The minimum atomic E-state index is -1.10. The van der Waals surface area contributed by atoms with E-state index in [2.05, 4.69) is 17.1 Å². The molecule has 0 aliphatic carbocycles. The van der Waals surface area contributed by atoms with E-state index in [1.165, 1.54) is 12.1 Å². The number of carboxylic acid groups (broad SMARTS) is 1. The van der Waals surface area contributed by atoms with E-state index in [1.807, 2.05) is 0 Å². The predicted molar refractivity (Wildman–Crippen MR) is 76.7 cm³/mol. The highest BCUT2D eigenvalue weighted by Crippen LogP contribution is 2.21. The standard InChI is InChI=1S/C15H21FN2O2/c1-2-7-18-8-5-12(6-9-18)17-14-4-3-11(16)10-13(14)15(19)20/h3-4,10,12,17H,2,5-9H2,1H3,(H,19,20). The molecule has 1 aliphatic rings. The molecule has 0 saturated carbocycles. The Hall–Kier alpha value is -1.62. The second-order valence-corrected chi connectivity index (χ2v) is 5.26. The summed E-state index contributed by atoms with van der Waals surface area (Å²) in [5, 5.41) is 12.4. The minimum Gasteiger partial charge on any atom is -0.478 e. The molecular formula is C15H21FN2O2. The molecule has 1 aromatic rings. The Balaban J connectivity index is 1.99. The molecule has 1 aliphatic heterocycles. The van der Waals surface area contributed by atoms with Crippen molar-refractivity contribution in [1.82, 2.24) is 4.90 Å². The summed E-state index contributed by atoms with van der Waals surface area (Å²) >= 11 is 0. The van der Waals surface area contributed by atoms with Gasteiger partial charge in [-0.3, -0.25) is 0 Å². The zero-order valence-electron chi connectivity index (χ0n) is 11.7. The molecule has 1 saturated heterocycles. The summed E-state index contributed by atoms with van der Waals surface area (Å²) in [7, 11) is 0. The van der Waals surface area contributed by atoms with Crippen LogP contribution in [0.4, 0.5) is 10.1 Å². The Kier molecular flexibility index (Phi) is 4.95. The molecule has 2 N–H and O–H groups in total. The maximum Gasteiger partial charge on any atom is 0.337 e. The van der Waals surface area contributed by atoms with E-state index in [4.69, 9.17) is 5.11 Å². The fourth-order valence-electron chi connectivity index (χ4n) is 2.66. The van der Waals surface area contributed by atoms with Crippen LogP contribution in [0.5, 0.6) is 0 Å². The molecule has 0 amide bonds. The molecule has 0 atom stereocenters. The van der Waals surface area contributed by atoms with Crippen LogP contribution in [0.25, 0.3) is 0 Å². The first-order chi connectivity index (χ1) is 9.60. The third-order valence-corrected chi connectivity index (χ3v) is 3.70. The lowest BCUT2D eigenvalue weighted by molar-refractivity contribution is 0.0697. The molecule has 1 aromatic carbocycles. The normalized spacial score (nSPS) is 17.1. The van der Waals surface area contributed by atoms with Gasteiger partial charge in [0.2, 0.25) is 0 Å². The minimum absolute atomic E-state index is 0.000915. The highest BCUT2D eigenvalue weighted by Gasteiger charge is 2.20. The second-order valence-electron chi connectivity index (χ2n) is 5.26. The number of carboxylic acids is 1.